The van der Waals surface area contributed by atoms with Crippen LogP contribution in [0.2, 0.25) is 0 Å². The van der Waals surface area contributed by atoms with Gasteiger partial charge in [-0.3, -0.25) is 4.79 Å². The number of carbonyl (C=O) groups is 4. The van der Waals surface area contributed by atoms with Crippen LogP contribution in [0.5, 0.6) is 0 Å². The van der Waals surface area contributed by atoms with Crippen molar-refractivity contribution in [1.82, 2.24) is 4.90 Å². The summed E-state index contributed by atoms with van der Waals surface area (Å²) in [6.07, 6.45) is 0. The van der Waals surface area contributed by atoms with E-state index in [4.69, 9.17) is 5.11 Å². The average molecular weight is 352 g/mol. The second kappa shape index (κ2) is 8.67. The molecule has 25 heavy (non-hydrogen) atoms. The Kier molecular flexibility index (Phi) is 6.92. The molecule has 1 unspecified atom stereocenters. The van der Waals surface area contributed by atoms with Crippen LogP contribution in [0.3, 0.4) is 0 Å². The lowest BCUT2D eigenvalue weighted by Crippen LogP contribution is -2.36. The Morgan fingerprint density at radius 1 is 1.12 bits per heavy atom. The highest BCUT2D eigenvalue weighted by molar-refractivity contribution is 6.04. The van der Waals surface area contributed by atoms with Crippen LogP contribution in [0, 0.1) is 5.92 Å². The first-order valence-corrected chi connectivity index (χ1v) is 7.26. The molecule has 0 radical (unpaired) electrons. The van der Waals surface area contributed by atoms with E-state index in [1.54, 1.807) is 0 Å². The minimum Gasteiger partial charge on any atom is -0.481 e. The van der Waals surface area contributed by atoms with Gasteiger partial charge in [-0.2, -0.15) is 0 Å². The van der Waals surface area contributed by atoms with Crippen molar-refractivity contribution in [2.24, 2.45) is 5.92 Å². The van der Waals surface area contributed by atoms with Crippen LogP contribution in [0.1, 0.15) is 27.6 Å². The summed E-state index contributed by atoms with van der Waals surface area (Å²) < 4.78 is 9.22. The molecule has 0 saturated heterocycles. The van der Waals surface area contributed by atoms with Gasteiger partial charge in [0.25, 0.3) is 0 Å². The maximum Gasteiger partial charge on any atom is 0.338 e. The average Bonchev–Trinajstić information content (AvgIpc) is 2.59. The fourth-order valence-electron chi connectivity index (χ4n) is 1.98. The fraction of sp³-hybridized carbons (Fsp3) is 0.375. The molecule has 0 fully saturated rings. The van der Waals surface area contributed by atoms with Crippen LogP contribution in [-0.4, -0.2) is 61.8 Å². The number of amides is 2. The smallest absolute Gasteiger partial charge is 0.338 e. The van der Waals surface area contributed by atoms with Crippen molar-refractivity contribution in [3.05, 3.63) is 29.3 Å². The third kappa shape index (κ3) is 5.20. The summed E-state index contributed by atoms with van der Waals surface area (Å²) in [7, 11) is 3.78. The number of benzene rings is 1. The number of carbonyl (C=O) groups excluding carboxylic acids is 3. The molecule has 0 aliphatic heterocycles. The highest BCUT2D eigenvalue weighted by Gasteiger charge is 2.21. The van der Waals surface area contributed by atoms with Gasteiger partial charge in [-0.15, -0.1) is 0 Å². The number of carboxylic acid groups (broad SMARTS) is 1. The van der Waals surface area contributed by atoms with Gasteiger partial charge >= 0.3 is 23.9 Å². The summed E-state index contributed by atoms with van der Waals surface area (Å²) in [5.41, 5.74) is 0.182. The fourth-order valence-corrected chi connectivity index (χ4v) is 1.98. The molecule has 9 heteroatoms. The third-order valence-corrected chi connectivity index (χ3v) is 3.40. The topological polar surface area (TPSA) is 122 Å². The summed E-state index contributed by atoms with van der Waals surface area (Å²) in [6, 6.07) is 3.47. The minimum absolute atomic E-state index is 0.000188. The van der Waals surface area contributed by atoms with Crippen molar-refractivity contribution in [3.63, 3.8) is 0 Å². The summed E-state index contributed by atoms with van der Waals surface area (Å²) in [5, 5.41) is 11.4. The molecular formula is C16H20N2O7. The van der Waals surface area contributed by atoms with Gasteiger partial charge < -0.3 is 24.8 Å². The van der Waals surface area contributed by atoms with Gasteiger partial charge in [0.15, 0.2) is 0 Å². The third-order valence-electron chi connectivity index (χ3n) is 3.40. The van der Waals surface area contributed by atoms with Crippen LogP contribution in [0.25, 0.3) is 0 Å². The van der Waals surface area contributed by atoms with Crippen molar-refractivity contribution < 1.29 is 33.8 Å². The van der Waals surface area contributed by atoms with Gasteiger partial charge in [-0.05, 0) is 18.2 Å². The number of urea groups is 1. The van der Waals surface area contributed by atoms with Crippen LogP contribution >= 0.6 is 0 Å². The highest BCUT2D eigenvalue weighted by atomic mass is 16.5. The molecular weight excluding hydrogens is 332 g/mol. The molecule has 136 valence electrons. The molecule has 1 aromatic carbocycles. The molecule has 0 aliphatic rings. The molecule has 1 rings (SSSR count). The van der Waals surface area contributed by atoms with E-state index in [0.29, 0.717) is 0 Å². The molecule has 2 amide bonds. The molecule has 0 heterocycles. The van der Waals surface area contributed by atoms with E-state index < -0.39 is 29.9 Å². The van der Waals surface area contributed by atoms with Gasteiger partial charge in [-0.1, -0.05) is 6.92 Å². The first-order chi connectivity index (χ1) is 11.7. The van der Waals surface area contributed by atoms with Crippen molar-refractivity contribution >= 4 is 29.6 Å². The number of nitrogens with one attached hydrogen (secondary N) is 1. The number of nitrogens with zero attached hydrogens (tertiary/aromatic N) is 1. The predicted octanol–water partition coefficient (Wildman–Crippen LogP) is 1.44. The van der Waals surface area contributed by atoms with Crippen molar-refractivity contribution in [1.29, 1.82) is 0 Å². The second-order valence-electron chi connectivity index (χ2n) is 5.29. The summed E-state index contributed by atoms with van der Waals surface area (Å²) >= 11 is 0. The standard InChI is InChI=1S/C16H20N2O7/c1-9(13(19)20)8-18(2)16(23)17-10-5-6-11(14(21)24-3)12(7-10)15(22)25-4/h5-7,9H,8H2,1-4H3,(H,17,23)(H,19,20). The van der Waals surface area contributed by atoms with E-state index in [9.17, 15) is 19.2 Å². The van der Waals surface area contributed by atoms with Crippen LogP contribution in [0.15, 0.2) is 18.2 Å². The highest BCUT2D eigenvalue weighted by Crippen LogP contribution is 2.18. The Bertz CT molecular complexity index is 687. The van der Waals surface area contributed by atoms with E-state index in [-0.39, 0.29) is 23.4 Å². The van der Waals surface area contributed by atoms with E-state index in [1.807, 2.05) is 0 Å². The first kappa shape index (κ1) is 19.9. The normalized spacial score (nSPS) is 11.2. The number of methoxy groups -OCH3 is 2. The first-order valence-electron chi connectivity index (χ1n) is 7.26. The number of ether oxygens (including phenoxy) is 2. The zero-order valence-corrected chi connectivity index (χ0v) is 14.4. The molecule has 0 spiro atoms. The number of rotatable bonds is 6. The number of aliphatic carboxylic acids is 1. The maximum atomic E-state index is 12.1. The van der Waals surface area contributed by atoms with Gasteiger partial charge in [0.1, 0.15) is 0 Å². The van der Waals surface area contributed by atoms with Gasteiger partial charge in [0.2, 0.25) is 0 Å². The lowest BCUT2D eigenvalue weighted by atomic mass is 10.1. The zero-order valence-electron chi connectivity index (χ0n) is 14.4. The molecule has 0 aliphatic carbocycles. The Morgan fingerprint density at radius 2 is 1.68 bits per heavy atom. The zero-order chi connectivity index (χ0) is 19.1. The maximum absolute atomic E-state index is 12.1. The predicted molar refractivity (Wildman–Crippen MR) is 87.6 cm³/mol. The lowest BCUT2D eigenvalue weighted by Gasteiger charge is -2.20. The lowest BCUT2D eigenvalue weighted by molar-refractivity contribution is -0.141. The molecule has 0 saturated carbocycles. The van der Waals surface area contributed by atoms with E-state index >= 15 is 0 Å². The summed E-state index contributed by atoms with van der Waals surface area (Å²) in [6.45, 7) is 1.48. The largest absolute Gasteiger partial charge is 0.481 e. The van der Waals surface area contributed by atoms with Gasteiger partial charge in [0, 0.05) is 19.3 Å². The molecule has 0 aromatic heterocycles. The molecule has 0 bridgehead atoms. The summed E-state index contributed by atoms with van der Waals surface area (Å²) in [4.78, 5) is 47.7. The number of carboxylic acids is 1. The van der Waals surface area contributed by atoms with Crippen LogP contribution in [-0.2, 0) is 14.3 Å². The Morgan fingerprint density at radius 3 is 2.20 bits per heavy atom. The number of anilines is 1. The van der Waals surface area contributed by atoms with Crippen molar-refractivity contribution in [2.75, 3.05) is 33.1 Å². The molecule has 1 aromatic rings. The molecule has 9 nitrogen and oxygen atoms in total. The van der Waals surface area contributed by atoms with Gasteiger partial charge in [-0.25, -0.2) is 14.4 Å². The van der Waals surface area contributed by atoms with Gasteiger partial charge in [0.05, 0.1) is 31.3 Å². The number of hydrogen-bond acceptors (Lipinski definition) is 6. The quantitative estimate of drug-likeness (QED) is 0.743. The molecule has 2 N–H and O–H groups in total. The minimum atomic E-state index is -1.02. The van der Waals surface area contributed by atoms with Crippen molar-refractivity contribution in [2.45, 2.75) is 6.92 Å². The van der Waals surface area contributed by atoms with Crippen LogP contribution in [0.4, 0.5) is 10.5 Å². The Labute approximate surface area is 144 Å². The second-order valence-corrected chi connectivity index (χ2v) is 5.29. The summed E-state index contributed by atoms with van der Waals surface area (Å²) in [5.74, 6) is -3.23. The number of esters is 2. The number of hydrogen-bond donors (Lipinski definition) is 2. The van der Waals surface area contributed by atoms with Crippen molar-refractivity contribution in [3.8, 4) is 0 Å². The SMILES string of the molecule is COC(=O)c1ccc(NC(=O)N(C)CC(C)C(=O)O)cc1C(=O)OC. The Balaban J connectivity index is 2.99. The van der Waals surface area contributed by atoms with E-state index in [0.717, 1.165) is 7.11 Å². The monoisotopic (exact) mass is 352 g/mol. The van der Waals surface area contributed by atoms with E-state index in [2.05, 4.69) is 14.8 Å². The Hall–Kier alpha value is -3.10. The van der Waals surface area contributed by atoms with Crippen LogP contribution < -0.4 is 5.32 Å². The molecule has 1 atom stereocenters. The van der Waals surface area contributed by atoms with E-state index in [1.165, 1.54) is 44.2 Å².